The number of aliphatic hydroxyl groups is 1. The van der Waals surface area contributed by atoms with E-state index in [9.17, 15) is 19.4 Å². The quantitative estimate of drug-likeness (QED) is 0.0273. The molecule has 1 amide bonds. The molecule has 3 unspecified atom stereocenters. The van der Waals surface area contributed by atoms with Crippen LogP contribution in [-0.4, -0.2) is 68.5 Å². The van der Waals surface area contributed by atoms with Crippen LogP contribution >= 0.6 is 7.82 Å². The van der Waals surface area contributed by atoms with Crippen molar-refractivity contribution in [3.05, 3.63) is 36.5 Å². The summed E-state index contributed by atoms with van der Waals surface area (Å²) in [6, 6.07) is -0.804. The normalized spacial score (nSPS) is 14.4. The van der Waals surface area contributed by atoms with Crippen molar-refractivity contribution in [2.75, 3.05) is 40.9 Å². The molecule has 0 aliphatic carbocycles. The van der Waals surface area contributed by atoms with E-state index in [-0.39, 0.29) is 19.1 Å². The number of phosphoric acid groups is 1. The van der Waals surface area contributed by atoms with E-state index < -0.39 is 20.0 Å². The van der Waals surface area contributed by atoms with Crippen molar-refractivity contribution < 1.29 is 32.9 Å². The Balaban J connectivity index is 4.26. The number of hydrogen-bond donors (Lipinski definition) is 2. The topological polar surface area (TPSA) is 108 Å². The van der Waals surface area contributed by atoms with Crippen LogP contribution < -0.4 is 10.2 Å². The molecule has 2 N–H and O–H groups in total. The summed E-state index contributed by atoms with van der Waals surface area (Å²) < 4.78 is 23.3. The fourth-order valence-corrected chi connectivity index (χ4v) is 8.24. The highest BCUT2D eigenvalue weighted by atomic mass is 31.2. The smallest absolute Gasteiger partial charge is 0.268 e. The van der Waals surface area contributed by atoms with Crippen molar-refractivity contribution in [1.29, 1.82) is 0 Å². The van der Waals surface area contributed by atoms with Crippen molar-refractivity contribution >= 4 is 13.7 Å². The predicted molar refractivity (Wildman–Crippen MR) is 261 cm³/mol. The van der Waals surface area contributed by atoms with Gasteiger partial charge in [0, 0.05) is 6.42 Å². The number of likely N-dealkylation sites (N-methyl/N-ethyl adjacent to an activating group) is 1. The number of quaternary nitrogens is 1. The minimum atomic E-state index is -4.57. The second kappa shape index (κ2) is 43.9. The molecule has 0 rings (SSSR count). The van der Waals surface area contributed by atoms with Gasteiger partial charge < -0.3 is 28.8 Å². The van der Waals surface area contributed by atoms with Crippen molar-refractivity contribution in [3.8, 4) is 0 Å². The Hall–Kier alpha value is -1.28. The van der Waals surface area contributed by atoms with Crippen LogP contribution in [0.1, 0.15) is 239 Å². The van der Waals surface area contributed by atoms with E-state index in [0.717, 1.165) is 57.8 Å². The fraction of sp³-hybridized carbons (Fsp3) is 0.865. The lowest BCUT2D eigenvalue weighted by Crippen LogP contribution is -2.46. The first-order chi connectivity index (χ1) is 29.5. The summed E-state index contributed by atoms with van der Waals surface area (Å²) in [6.07, 6.45) is 54.3. The van der Waals surface area contributed by atoms with E-state index in [1.807, 2.05) is 21.1 Å². The van der Waals surface area contributed by atoms with Crippen LogP contribution in [0.4, 0.5) is 0 Å². The van der Waals surface area contributed by atoms with Gasteiger partial charge >= 0.3 is 0 Å². The third kappa shape index (κ3) is 46.5. The maximum atomic E-state index is 12.9. The van der Waals surface area contributed by atoms with Crippen LogP contribution in [0.5, 0.6) is 0 Å². The fourth-order valence-electron chi connectivity index (χ4n) is 7.52. The Bertz CT molecular complexity index is 1090. The third-order valence-corrected chi connectivity index (χ3v) is 12.6. The van der Waals surface area contributed by atoms with Gasteiger partial charge in [0.05, 0.1) is 39.9 Å². The molecule has 0 aromatic rings. The Labute approximate surface area is 378 Å². The van der Waals surface area contributed by atoms with Gasteiger partial charge in [0.2, 0.25) is 5.91 Å². The molecule has 0 aromatic carbocycles. The number of hydrogen-bond acceptors (Lipinski definition) is 6. The molecule has 9 heteroatoms. The summed E-state index contributed by atoms with van der Waals surface area (Å²) in [5, 5.41) is 14.0. The number of aliphatic hydroxyl groups excluding tert-OH is 1. The maximum Gasteiger partial charge on any atom is 0.268 e. The van der Waals surface area contributed by atoms with Gasteiger partial charge in [0.15, 0.2) is 0 Å². The number of phosphoric ester groups is 1. The molecule has 0 saturated heterocycles. The number of carbonyl (C=O) groups excluding carboxylic acids is 1. The minimum Gasteiger partial charge on any atom is -0.756 e. The molecule has 0 radical (unpaired) electrons. The molecule has 360 valence electrons. The molecular formula is C52H101N2O6P. The van der Waals surface area contributed by atoms with Crippen LogP contribution in [0.2, 0.25) is 0 Å². The number of nitrogens with one attached hydrogen (secondary N) is 1. The first-order valence-corrected chi connectivity index (χ1v) is 27.3. The van der Waals surface area contributed by atoms with E-state index in [1.165, 1.54) is 154 Å². The molecule has 3 atom stereocenters. The molecule has 0 aromatic heterocycles. The molecule has 0 aliphatic heterocycles. The lowest BCUT2D eigenvalue weighted by atomic mass is 10.0. The van der Waals surface area contributed by atoms with E-state index in [4.69, 9.17) is 9.05 Å². The number of unbranched alkanes of at least 4 members (excludes halogenated alkanes) is 28. The highest BCUT2D eigenvalue weighted by molar-refractivity contribution is 7.45. The summed E-state index contributed by atoms with van der Waals surface area (Å²) in [6.45, 7) is 4.72. The Morgan fingerprint density at radius 3 is 1.38 bits per heavy atom. The molecule has 0 bridgehead atoms. The molecule has 0 fully saturated rings. The van der Waals surface area contributed by atoms with Gasteiger partial charge in [0.25, 0.3) is 7.82 Å². The number of nitrogens with zero attached hydrogens (tertiary/aromatic N) is 1. The van der Waals surface area contributed by atoms with E-state index in [0.29, 0.717) is 23.9 Å². The number of rotatable bonds is 47. The SMILES string of the molecule is CCCCCCC/C=C\C/C=C\C/C=C\CCCCCCCCCCC(=O)NC(COP(=O)([O-])OCC[N+](C)(C)C)C(O)CCCCCCCCCCCCCCCCCC. The molecule has 8 nitrogen and oxygen atoms in total. The molecule has 0 heterocycles. The molecule has 0 saturated carbocycles. The standard InChI is InChI=1S/C52H101N2O6P/c1-6-8-10-12-14-16-18-20-22-24-25-26-27-28-29-30-32-34-36-38-40-42-44-46-52(56)53-50(49-60-61(57,58)59-48-47-54(3,4)5)51(55)45-43-41-39-37-35-33-31-23-21-19-17-15-13-11-9-7-2/h18,20,24-25,27-28,50-51,55H,6-17,19,21-23,26,29-49H2,1-5H3,(H-,53,56,57,58)/b20-18-,25-24-,28-27-. The summed E-state index contributed by atoms with van der Waals surface area (Å²) in [4.78, 5) is 25.4. The second-order valence-electron chi connectivity index (χ2n) is 18.9. The van der Waals surface area contributed by atoms with E-state index in [2.05, 4.69) is 55.6 Å². The van der Waals surface area contributed by atoms with Gasteiger partial charge in [-0.3, -0.25) is 9.36 Å². The summed E-state index contributed by atoms with van der Waals surface area (Å²) in [5.41, 5.74) is 0. The molecule has 0 spiro atoms. The highest BCUT2D eigenvalue weighted by Crippen LogP contribution is 2.38. The van der Waals surface area contributed by atoms with Gasteiger partial charge in [0.1, 0.15) is 13.2 Å². The second-order valence-corrected chi connectivity index (χ2v) is 20.3. The average molecular weight is 881 g/mol. The van der Waals surface area contributed by atoms with Crippen LogP contribution in [-0.2, 0) is 18.4 Å². The van der Waals surface area contributed by atoms with Gasteiger partial charge in [-0.05, 0) is 51.4 Å². The lowest BCUT2D eigenvalue weighted by molar-refractivity contribution is -0.870. The van der Waals surface area contributed by atoms with Gasteiger partial charge in [-0.1, -0.05) is 217 Å². The Morgan fingerprint density at radius 1 is 0.574 bits per heavy atom. The highest BCUT2D eigenvalue weighted by Gasteiger charge is 2.24. The molecule has 61 heavy (non-hydrogen) atoms. The monoisotopic (exact) mass is 881 g/mol. The zero-order valence-corrected chi connectivity index (χ0v) is 41.8. The van der Waals surface area contributed by atoms with Gasteiger partial charge in [-0.2, -0.15) is 0 Å². The number of carbonyl (C=O) groups is 1. The van der Waals surface area contributed by atoms with E-state index >= 15 is 0 Å². The average Bonchev–Trinajstić information content (AvgIpc) is 3.21. The largest absolute Gasteiger partial charge is 0.756 e. The van der Waals surface area contributed by atoms with Crippen molar-refractivity contribution in [2.45, 2.75) is 251 Å². The van der Waals surface area contributed by atoms with Gasteiger partial charge in [-0.25, -0.2) is 0 Å². The van der Waals surface area contributed by atoms with Crippen LogP contribution in [0.25, 0.3) is 0 Å². The predicted octanol–water partition coefficient (Wildman–Crippen LogP) is 14.4. The Kier molecular flexibility index (Phi) is 43.0. The summed E-state index contributed by atoms with van der Waals surface area (Å²) in [5.74, 6) is -0.171. The first-order valence-electron chi connectivity index (χ1n) is 25.8. The summed E-state index contributed by atoms with van der Waals surface area (Å²) >= 11 is 0. The number of amides is 1. The molecule has 0 aliphatic rings. The summed E-state index contributed by atoms with van der Waals surface area (Å²) in [7, 11) is 1.30. The minimum absolute atomic E-state index is 0.0103. The van der Waals surface area contributed by atoms with Crippen molar-refractivity contribution in [2.24, 2.45) is 0 Å². The van der Waals surface area contributed by atoms with E-state index in [1.54, 1.807) is 0 Å². The Morgan fingerprint density at radius 2 is 0.951 bits per heavy atom. The first kappa shape index (κ1) is 59.7. The third-order valence-electron chi connectivity index (χ3n) is 11.6. The zero-order chi connectivity index (χ0) is 45.0. The van der Waals surface area contributed by atoms with Crippen LogP contribution in [0.15, 0.2) is 36.5 Å². The van der Waals surface area contributed by atoms with Crippen molar-refractivity contribution in [1.82, 2.24) is 5.32 Å². The van der Waals surface area contributed by atoms with Crippen LogP contribution in [0.3, 0.4) is 0 Å². The van der Waals surface area contributed by atoms with Crippen molar-refractivity contribution in [3.63, 3.8) is 0 Å². The maximum absolute atomic E-state index is 12.9. The van der Waals surface area contributed by atoms with Crippen LogP contribution in [0, 0.1) is 0 Å². The zero-order valence-electron chi connectivity index (χ0n) is 40.9. The number of allylic oxidation sites excluding steroid dienone is 6. The lowest BCUT2D eigenvalue weighted by Gasteiger charge is -2.30. The molecular weight excluding hydrogens is 780 g/mol. The van der Waals surface area contributed by atoms with Gasteiger partial charge in [-0.15, -0.1) is 0 Å².